The highest BCUT2D eigenvalue weighted by molar-refractivity contribution is 6.03. The summed E-state index contributed by atoms with van der Waals surface area (Å²) in [4.78, 5) is 15.6. The van der Waals surface area contributed by atoms with Gasteiger partial charge < -0.3 is 15.5 Å². The summed E-state index contributed by atoms with van der Waals surface area (Å²) in [6.45, 7) is 1.77. The van der Waals surface area contributed by atoms with Crippen LogP contribution in [0.4, 0.5) is 11.5 Å². The van der Waals surface area contributed by atoms with Gasteiger partial charge in [0.1, 0.15) is 5.76 Å². The predicted octanol–water partition coefficient (Wildman–Crippen LogP) is 1.82. The second kappa shape index (κ2) is 4.06. The summed E-state index contributed by atoms with van der Waals surface area (Å²) < 4.78 is 5.18. The van der Waals surface area contributed by atoms with Crippen LogP contribution in [0.2, 0.25) is 0 Å². The number of nitrogens with two attached hydrogens (primary N) is 1. The molecule has 3 N–H and O–H groups in total. The zero-order valence-corrected chi connectivity index (χ0v) is 8.73. The molecule has 0 saturated carbocycles. The van der Waals surface area contributed by atoms with E-state index in [4.69, 9.17) is 10.2 Å². The fraction of sp³-hybridized carbons (Fsp3) is 0.0909. The van der Waals surface area contributed by atoms with E-state index >= 15 is 0 Å². The Morgan fingerprint density at radius 1 is 1.44 bits per heavy atom. The van der Waals surface area contributed by atoms with Crippen LogP contribution >= 0.6 is 0 Å². The molecule has 2 aromatic rings. The molecule has 1 amide bonds. The standard InChI is InChI=1S/C11H11N3O2/c1-7-4-5-9(16-7)11(15)14-10-8(12)3-2-6-13-10/h2-6H,12H2,1H3,(H,13,14,15). The summed E-state index contributed by atoms with van der Waals surface area (Å²) in [6.07, 6.45) is 1.55. The second-order valence-corrected chi connectivity index (χ2v) is 3.31. The SMILES string of the molecule is Cc1ccc(C(=O)Nc2ncccc2N)o1. The first-order chi connectivity index (χ1) is 7.66. The highest BCUT2D eigenvalue weighted by Gasteiger charge is 2.11. The zero-order chi connectivity index (χ0) is 11.5. The molecule has 0 spiro atoms. The van der Waals surface area contributed by atoms with E-state index < -0.39 is 0 Å². The Hall–Kier alpha value is -2.30. The maximum absolute atomic E-state index is 11.7. The number of aromatic nitrogens is 1. The first kappa shape index (κ1) is 10.2. The number of anilines is 2. The number of hydrogen-bond donors (Lipinski definition) is 2. The molecule has 2 aromatic heterocycles. The van der Waals surface area contributed by atoms with Crippen LogP contribution in [0, 0.1) is 6.92 Å². The largest absolute Gasteiger partial charge is 0.456 e. The van der Waals surface area contributed by atoms with Gasteiger partial charge in [0.25, 0.3) is 5.91 Å². The van der Waals surface area contributed by atoms with Crippen LogP contribution in [0.1, 0.15) is 16.3 Å². The highest BCUT2D eigenvalue weighted by Crippen LogP contribution is 2.15. The van der Waals surface area contributed by atoms with Crippen molar-refractivity contribution in [2.24, 2.45) is 0 Å². The average Bonchev–Trinajstić information content (AvgIpc) is 2.68. The van der Waals surface area contributed by atoms with Crippen molar-refractivity contribution in [2.75, 3.05) is 11.1 Å². The van der Waals surface area contributed by atoms with Gasteiger partial charge in [0.15, 0.2) is 11.6 Å². The van der Waals surface area contributed by atoms with E-state index in [1.54, 1.807) is 37.4 Å². The van der Waals surface area contributed by atoms with Gasteiger partial charge in [0, 0.05) is 6.20 Å². The third-order valence-corrected chi connectivity index (χ3v) is 2.04. The molecule has 2 heterocycles. The number of furan rings is 1. The van der Waals surface area contributed by atoms with Crippen molar-refractivity contribution in [1.29, 1.82) is 0 Å². The molecule has 5 nitrogen and oxygen atoms in total. The highest BCUT2D eigenvalue weighted by atomic mass is 16.3. The topological polar surface area (TPSA) is 81.2 Å². The van der Waals surface area contributed by atoms with Crippen molar-refractivity contribution in [3.8, 4) is 0 Å². The first-order valence-corrected chi connectivity index (χ1v) is 4.75. The molecule has 0 aromatic carbocycles. The van der Waals surface area contributed by atoms with Crippen molar-refractivity contribution < 1.29 is 9.21 Å². The summed E-state index contributed by atoms with van der Waals surface area (Å²) >= 11 is 0. The minimum Gasteiger partial charge on any atom is -0.456 e. The molecular formula is C11H11N3O2. The third-order valence-electron chi connectivity index (χ3n) is 2.04. The number of nitrogens with zero attached hydrogens (tertiary/aromatic N) is 1. The lowest BCUT2D eigenvalue weighted by molar-refractivity contribution is 0.0995. The van der Waals surface area contributed by atoms with Gasteiger partial charge in [-0.3, -0.25) is 4.79 Å². The second-order valence-electron chi connectivity index (χ2n) is 3.31. The van der Waals surface area contributed by atoms with E-state index in [9.17, 15) is 4.79 Å². The quantitative estimate of drug-likeness (QED) is 0.803. The van der Waals surface area contributed by atoms with Crippen LogP contribution in [-0.2, 0) is 0 Å². The molecule has 0 aliphatic carbocycles. The van der Waals surface area contributed by atoms with Crippen LogP contribution in [0.25, 0.3) is 0 Å². The fourth-order valence-electron chi connectivity index (χ4n) is 1.25. The molecule has 0 saturated heterocycles. The van der Waals surface area contributed by atoms with E-state index in [0.29, 0.717) is 17.3 Å². The van der Waals surface area contributed by atoms with Gasteiger partial charge in [-0.2, -0.15) is 0 Å². The molecule has 0 aliphatic rings. The van der Waals surface area contributed by atoms with Crippen molar-refractivity contribution in [3.05, 3.63) is 42.0 Å². The molecular weight excluding hydrogens is 206 g/mol. The molecule has 82 valence electrons. The molecule has 0 fully saturated rings. The summed E-state index contributed by atoms with van der Waals surface area (Å²) in [6, 6.07) is 6.68. The van der Waals surface area contributed by atoms with Gasteiger partial charge in [-0.25, -0.2) is 4.98 Å². The lowest BCUT2D eigenvalue weighted by atomic mass is 10.3. The summed E-state index contributed by atoms with van der Waals surface area (Å²) in [5.41, 5.74) is 6.06. The molecule has 0 radical (unpaired) electrons. The van der Waals surface area contributed by atoms with E-state index in [0.717, 1.165) is 0 Å². The predicted molar refractivity (Wildman–Crippen MR) is 60.0 cm³/mol. The van der Waals surface area contributed by atoms with Crippen LogP contribution in [0.15, 0.2) is 34.9 Å². The number of pyridine rings is 1. The zero-order valence-electron chi connectivity index (χ0n) is 8.73. The van der Waals surface area contributed by atoms with Crippen molar-refractivity contribution in [1.82, 2.24) is 4.98 Å². The lowest BCUT2D eigenvalue weighted by Gasteiger charge is -2.04. The number of carbonyl (C=O) groups excluding carboxylic acids is 1. The Bertz CT molecular complexity index is 519. The Morgan fingerprint density at radius 2 is 2.25 bits per heavy atom. The summed E-state index contributed by atoms with van der Waals surface area (Å²) in [5.74, 6) is 0.891. The number of rotatable bonds is 2. The maximum atomic E-state index is 11.7. The van der Waals surface area contributed by atoms with Crippen LogP contribution < -0.4 is 11.1 Å². The Morgan fingerprint density at radius 3 is 2.88 bits per heavy atom. The number of nitrogen functional groups attached to an aromatic ring is 1. The van der Waals surface area contributed by atoms with Crippen molar-refractivity contribution >= 4 is 17.4 Å². The van der Waals surface area contributed by atoms with Crippen molar-refractivity contribution in [3.63, 3.8) is 0 Å². The minimum atomic E-state index is -0.362. The molecule has 0 unspecified atom stereocenters. The molecule has 0 bridgehead atoms. The lowest BCUT2D eigenvalue weighted by Crippen LogP contribution is -2.13. The van der Waals surface area contributed by atoms with Gasteiger partial charge >= 0.3 is 0 Å². The van der Waals surface area contributed by atoms with E-state index in [1.165, 1.54) is 0 Å². The monoisotopic (exact) mass is 217 g/mol. The number of hydrogen-bond acceptors (Lipinski definition) is 4. The number of aryl methyl sites for hydroxylation is 1. The van der Waals surface area contributed by atoms with Crippen LogP contribution in [-0.4, -0.2) is 10.9 Å². The summed E-state index contributed by atoms with van der Waals surface area (Å²) in [5, 5.41) is 2.57. The first-order valence-electron chi connectivity index (χ1n) is 4.75. The Labute approximate surface area is 92.3 Å². The van der Waals surface area contributed by atoms with Crippen molar-refractivity contribution in [2.45, 2.75) is 6.92 Å². The number of amides is 1. The number of carbonyl (C=O) groups is 1. The van der Waals surface area contributed by atoms with Gasteiger partial charge in [-0.05, 0) is 31.2 Å². The molecule has 0 aliphatic heterocycles. The van der Waals surface area contributed by atoms with E-state index in [2.05, 4.69) is 10.3 Å². The Kier molecular flexibility index (Phi) is 2.59. The summed E-state index contributed by atoms with van der Waals surface area (Å²) in [7, 11) is 0. The van der Waals surface area contributed by atoms with Crippen LogP contribution in [0.5, 0.6) is 0 Å². The minimum absolute atomic E-state index is 0.238. The smallest absolute Gasteiger partial charge is 0.292 e. The molecule has 5 heteroatoms. The fourth-order valence-corrected chi connectivity index (χ4v) is 1.25. The Balaban J connectivity index is 2.17. The van der Waals surface area contributed by atoms with Gasteiger partial charge in [0.2, 0.25) is 0 Å². The molecule has 16 heavy (non-hydrogen) atoms. The molecule has 0 atom stereocenters. The van der Waals surface area contributed by atoms with E-state index in [-0.39, 0.29) is 11.7 Å². The van der Waals surface area contributed by atoms with E-state index in [1.807, 2.05) is 0 Å². The average molecular weight is 217 g/mol. The van der Waals surface area contributed by atoms with Gasteiger partial charge in [-0.1, -0.05) is 0 Å². The maximum Gasteiger partial charge on any atom is 0.292 e. The van der Waals surface area contributed by atoms with Gasteiger partial charge in [-0.15, -0.1) is 0 Å². The molecule has 2 rings (SSSR count). The van der Waals surface area contributed by atoms with Gasteiger partial charge in [0.05, 0.1) is 5.69 Å². The normalized spacial score (nSPS) is 10.1. The van der Waals surface area contributed by atoms with Crippen LogP contribution in [0.3, 0.4) is 0 Å². The third kappa shape index (κ3) is 2.03. The number of nitrogens with one attached hydrogen (secondary N) is 1.